The van der Waals surface area contributed by atoms with E-state index in [0.29, 0.717) is 105 Å². The molecule has 0 fully saturated rings. The third-order valence-corrected chi connectivity index (χ3v) is 12.3. The van der Waals surface area contributed by atoms with Crippen molar-refractivity contribution in [3.8, 4) is 23.0 Å². The van der Waals surface area contributed by atoms with Gasteiger partial charge >= 0.3 is 0 Å². The van der Waals surface area contributed by atoms with E-state index < -0.39 is 0 Å². The lowest BCUT2D eigenvalue weighted by molar-refractivity contribution is 0.0265. The van der Waals surface area contributed by atoms with Crippen LogP contribution in [0, 0.1) is 0 Å². The minimum atomic E-state index is -0.185. The monoisotopic (exact) mass is 929 g/mol. The third-order valence-electron chi connectivity index (χ3n) is 12.2. The van der Waals surface area contributed by atoms with Crippen LogP contribution < -0.4 is 39.0 Å². The molecule has 15 heteroatoms. The molecule has 0 radical (unpaired) electrons. The lowest BCUT2D eigenvalue weighted by atomic mass is 10.1. The number of hydrogen-bond donors (Lipinski definition) is 2. The van der Waals surface area contributed by atoms with E-state index in [-0.39, 0.29) is 36.3 Å². The van der Waals surface area contributed by atoms with Crippen molar-refractivity contribution in [3.63, 3.8) is 0 Å². The zero-order chi connectivity index (χ0) is 46.9. The van der Waals surface area contributed by atoms with E-state index in [2.05, 4.69) is 47.0 Å². The number of rotatable bonds is 22. The molecule has 0 saturated heterocycles. The van der Waals surface area contributed by atoms with Crippen molar-refractivity contribution in [2.75, 3.05) is 101 Å². The van der Waals surface area contributed by atoms with Crippen molar-refractivity contribution < 1.29 is 42.7 Å². The number of carbonyl (C=O) groups is 2. The SMILES string of the molecule is C=Nc1cc(OCc2cc(COc3cc4c(cc3OC)C(=O)N3c5ccccc5CC3CN4)cc(N(CCOCCOCCOC)CC(C)S)c2)c(OC)cc1C(=O)N1CCc2ccccc21. The molecule has 1 N–H and O–H groups in total. The number of aliphatic imine (C=N–C) groups is 1. The summed E-state index contributed by atoms with van der Waals surface area (Å²) >= 11 is 4.78. The van der Waals surface area contributed by atoms with Crippen LogP contribution in [-0.4, -0.2) is 110 Å². The summed E-state index contributed by atoms with van der Waals surface area (Å²) in [4.78, 5) is 38.3. The highest BCUT2D eigenvalue weighted by molar-refractivity contribution is 7.81. The van der Waals surface area contributed by atoms with Crippen LogP contribution in [0.4, 0.5) is 28.4 Å². The van der Waals surface area contributed by atoms with E-state index in [1.54, 1.807) is 44.4 Å². The Labute approximate surface area is 398 Å². The number of fused-ring (bicyclic) bond motifs is 5. The molecule has 8 rings (SSSR count). The lowest BCUT2D eigenvalue weighted by Gasteiger charge is -2.28. The van der Waals surface area contributed by atoms with Crippen LogP contribution in [0.3, 0.4) is 0 Å². The first-order chi connectivity index (χ1) is 32.7. The van der Waals surface area contributed by atoms with Gasteiger partial charge in [0.1, 0.15) is 13.2 Å². The highest BCUT2D eigenvalue weighted by atomic mass is 32.1. The average molecular weight is 930 g/mol. The zero-order valence-corrected chi connectivity index (χ0v) is 39.5. The first kappa shape index (κ1) is 47.2. The summed E-state index contributed by atoms with van der Waals surface area (Å²) in [5.74, 6) is 1.48. The normalized spacial score (nSPS) is 15.1. The van der Waals surface area contributed by atoms with Gasteiger partial charge in [0.25, 0.3) is 11.8 Å². The molecular weight excluding hydrogens is 871 g/mol. The van der Waals surface area contributed by atoms with Gasteiger partial charge < -0.3 is 53.2 Å². The Morgan fingerprint density at radius 1 is 0.821 bits per heavy atom. The molecule has 67 heavy (non-hydrogen) atoms. The predicted octanol–water partition coefficient (Wildman–Crippen LogP) is 8.20. The minimum Gasteiger partial charge on any atom is -0.493 e. The summed E-state index contributed by atoms with van der Waals surface area (Å²) in [6.45, 7) is 11.0. The highest BCUT2D eigenvalue weighted by Gasteiger charge is 2.38. The van der Waals surface area contributed by atoms with Crippen molar-refractivity contribution >= 4 is 59.6 Å². The number of ether oxygens (including phenoxy) is 7. The van der Waals surface area contributed by atoms with Crippen LogP contribution in [-0.2, 0) is 40.3 Å². The van der Waals surface area contributed by atoms with E-state index in [1.165, 1.54) is 0 Å². The molecule has 14 nitrogen and oxygen atoms in total. The number of thiol groups is 1. The Bertz CT molecular complexity index is 2570. The molecule has 2 amide bonds. The molecular formula is C52H59N5O9S. The molecule has 2 atom stereocenters. The van der Waals surface area contributed by atoms with Crippen LogP contribution in [0.2, 0.25) is 0 Å². The maximum absolute atomic E-state index is 14.1. The molecule has 0 spiro atoms. The van der Waals surface area contributed by atoms with Crippen LogP contribution in [0.1, 0.15) is 49.9 Å². The molecule has 0 bridgehead atoms. The van der Waals surface area contributed by atoms with Crippen LogP contribution in [0.15, 0.2) is 96.0 Å². The Morgan fingerprint density at radius 2 is 1.48 bits per heavy atom. The van der Waals surface area contributed by atoms with Crippen molar-refractivity contribution in [2.45, 2.75) is 44.3 Å². The van der Waals surface area contributed by atoms with Crippen LogP contribution in [0.25, 0.3) is 0 Å². The number of para-hydroxylation sites is 2. The molecule has 3 heterocycles. The smallest absolute Gasteiger partial charge is 0.260 e. The van der Waals surface area contributed by atoms with Gasteiger partial charge in [0.15, 0.2) is 23.0 Å². The number of hydrogen-bond acceptors (Lipinski definition) is 13. The molecule has 5 aromatic carbocycles. The fourth-order valence-corrected chi connectivity index (χ4v) is 9.13. The first-order valence-electron chi connectivity index (χ1n) is 22.6. The molecule has 352 valence electrons. The van der Waals surface area contributed by atoms with Gasteiger partial charge in [-0.05, 0) is 84.3 Å². The van der Waals surface area contributed by atoms with Crippen molar-refractivity contribution in [2.24, 2.45) is 4.99 Å². The van der Waals surface area contributed by atoms with E-state index in [9.17, 15) is 9.59 Å². The van der Waals surface area contributed by atoms with E-state index in [0.717, 1.165) is 52.2 Å². The van der Waals surface area contributed by atoms with Crippen LogP contribution >= 0.6 is 12.6 Å². The molecule has 2 unspecified atom stereocenters. The fourth-order valence-electron chi connectivity index (χ4n) is 8.93. The Kier molecular flexibility index (Phi) is 15.5. The summed E-state index contributed by atoms with van der Waals surface area (Å²) < 4.78 is 41.4. The van der Waals surface area contributed by atoms with Crippen molar-refractivity contribution in [3.05, 3.63) is 124 Å². The largest absolute Gasteiger partial charge is 0.493 e. The van der Waals surface area contributed by atoms with Crippen molar-refractivity contribution in [1.82, 2.24) is 0 Å². The zero-order valence-electron chi connectivity index (χ0n) is 38.6. The van der Waals surface area contributed by atoms with Crippen LogP contribution in [0.5, 0.6) is 23.0 Å². The minimum absolute atomic E-state index is 0.00767. The number of methoxy groups -OCH3 is 3. The number of carbonyl (C=O) groups excluding carboxylic acids is 2. The number of anilines is 4. The molecule has 0 aromatic heterocycles. The summed E-state index contributed by atoms with van der Waals surface area (Å²) in [6.07, 6.45) is 1.56. The van der Waals surface area contributed by atoms with Gasteiger partial charge in [-0.3, -0.25) is 14.6 Å². The van der Waals surface area contributed by atoms with Gasteiger partial charge in [0.05, 0.1) is 75.8 Å². The number of nitrogens with one attached hydrogen (secondary N) is 1. The van der Waals surface area contributed by atoms with Gasteiger partial charge in [-0.2, -0.15) is 12.6 Å². The van der Waals surface area contributed by atoms with Gasteiger partial charge in [-0.15, -0.1) is 0 Å². The molecule has 0 saturated carbocycles. The second-order valence-corrected chi connectivity index (χ2v) is 17.6. The van der Waals surface area contributed by atoms with Crippen molar-refractivity contribution in [1.29, 1.82) is 0 Å². The average Bonchev–Trinajstić information content (AvgIpc) is 3.92. The number of benzene rings is 5. The van der Waals surface area contributed by atoms with E-state index in [1.807, 2.05) is 59.5 Å². The maximum Gasteiger partial charge on any atom is 0.260 e. The summed E-state index contributed by atoms with van der Waals surface area (Å²) in [7, 11) is 4.77. The predicted molar refractivity (Wildman–Crippen MR) is 266 cm³/mol. The molecule has 3 aliphatic rings. The van der Waals surface area contributed by atoms with Gasteiger partial charge in [0.2, 0.25) is 0 Å². The maximum atomic E-state index is 14.1. The molecule has 5 aromatic rings. The Hall–Kier alpha value is -6.26. The Morgan fingerprint density at radius 3 is 2.18 bits per heavy atom. The summed E-state index contributed by atoms with van der Waals surface area (Å²) in [5, 5.41) is 3.57. The second-order valence-electron chi connectivity index (χ2n) is 16.7. The quantitative estimate of drug-likeness (QED) is 0.0396. The highest BCUT2D eigenvalue weighted by Crippen LogP contribution is 2.42. The number of nitrogens with zero attached hydrogens (tertiary/aromatic N) is 4. The van der Waals surface area contributed by atoms with Gasteiger partial charge in [0, 0.05) is 67.7 Å². The summed E-state index contributed by atoms with van der Waals surface area (Å²) in [6, 6.07) is 29.2. The first-order valence-corrected chi connectivity index (χ1v) is 23.1. The number of amides is 2. The topological polar surface area (TPSA) is 133 Å². The fraction of sp³-hybridized carbons (Fsp3) is 0.365. The molecule has 0 aliphatic carbocycles. The summed E-state index contributed by atoms with van der Waals surface area (Å²) in [5.41, 5.74) is 8.74. The second kappa shape index (κ2) is 22.0. The Balaban J connectivity index is 1.05. The van der Waals surface area contributed by atoms with Gasteiger partial charge in [-0.25, -0.2) is 0 Å². The molecule has 3 aliphatic heterocycles. The standard InChI is InChI=1S/C52H59N5O9S/c1-34(67)31-55(16-17-63-20-21-64-19-18-60-3)39-23-35(32-65-49-28-43(53-2)41(26-47(49)61-4)51(58)56-15-14-37-10-6-8-12-45(37)56)22-36(24-39)33-66-50-29-44-42(27-48(50)62-5)52(59)57-40(30-54-44)25-38-11-7-9-13-46(38)57/h6-13,22-24,26-29,34,40,54,67H,2,14-21,25,30-33H2,1,3-5H3. The third kappa shape index (κ3) is 10.8. The lowest BCUT2D eigenvalue weighted by Crippen LogP contribution is -2.39. The van der Waals surface area contributed by atoms with Gasteiger partial charge in [-0.1, -0.05) is 43.3 Å². The van der Waals surface area contributed by atoms with E-state index in [4.69, 9.17) is 45.8 Å². The van der Waals surface area contributed by atoms with E-state index >= 15 is 0 Å².